The molecule has 0 radical (unpaired) electrons. The van der Waals surface area contributed by atoms with Gasteiger partial charge in [-0.2, -0.15) is 0 Å². The molecule has 0 N–H and O–H groups in total. The van der Waals surface area contributed by atoms with E-state index in [4.69, 9.17) is 16.0 Å². The second kappa shape index (κ2) is 7.88. The Kier molecular flexibility index (Phi) is 5.56. The van der Waals surface area contributed by atoms with Gasteiger partial charge in [-0.25, -0.2) is 4.39 Å². The molecule has 0 fully saturated rings. The molecule has 1 heterocycles. The Morgan fingerprint density at radius 1 is 1.19 bits per heavy atom. The van der Waals surface area contributed by atoms with E-state index in [2.05, 4.69) is 10.2 Å². The molecule has 0 saturated heterocycles. The first kappa shape index (κ1) is 19.0. The van der Waals surface area contributed by atoms with Crippen molar-refractivity contribution in [3.63, 3.8) is 0 Å². The molecule has 2 aromatic carbocycles. The van der Waals surface area contributed by atoms with Crippen LogP contribution in [0.15, 0.2) is 46.9 Å². The molecule has 0 bridgehead atoms. The van der Waals surface area contributed by atoms with E-state index in [0.717, 1.165) is 5.56 Å². The predicted octanol–water partition coefficient (Wildman–Crippen LogP) is 4.89. The van der Waals surface area contributed by atoms with E-state index in [1.807, 2.05) is 13.8 Å². The summed E-state index contributed by atoms with van der Waals surface area (Å²) in [4.78, 5) is 14.4. The fourth-order valence-electron chi connectivity index (χ4n) is 2.55. The monoisotopic (exact) mass is 387 g/mol. The maximum Gasteiger partial charge on any atom is 0.254 e. The molecule has 27 heavy (non-hydrogen) atoms. The molecule has 0 aliphatic rings. The van der Waals surface area contributed by atoms with Crippen molar-refractivity contribution in [2.45, 2.75) is 33.4 Å². The number of hydrogen-bond acceptors (Lipinski definition) is 4. The molecule has 1 aromatic heterocycles. The number of hydrogen-bond donors (Lipinski definition) is 0. The average molecular weight is 388 g/mol. The van der Waals surface area contributed by atoms with E-state index in [-0.39, 0.29) is 24.1 Å². The summed E-state index contributed by atoms with van der Waals surface area (Å²) in [5.74, 6) is -0.0590. The van der Waals surface area contributed by atoms with Crippen LogP contribution in [0.5, 0.6) is 0 Å². The lowest BCUT2D eigenvalue weighted by Gasteiger charge is -2.25. The van der Waals surface area contributed by atoms with Crippen molar-refractivity contribution in [1.29, 1.82) is 0 Å². The fourth-order valence-corrected chi connectivity index (χ4v) is 2.68. The molecular weight excluding hydrogens is 369 g/mol. The van der Waals surface area contributed by atoms with Crippen LogP contribution < -0.4 is 0 Å². The molecule has 0 aliphatic carbocycles. The van der Waals surface area contributed by atoms with Crippen LogP contribution in [0.1, 0.15) is 35.7 Å². The minimum Gasteiger partial charge on any atom is -0.419 e. The highest BCUT2D eigenvalue weighted by Gasteiger charge is 2.22. The van der Waals surface area contributed by atoms with Crippen LogP contribution in [0.3, 0.4) is 0 Å². The van der Waals surface area contributed by atoms with Gasteiger partial charge in [-0.3, -0.25) is 4.79 Å². The Hall–Kier alpha value is -2.73. The lowest BCUT2D eigenvalue weighted by molar-refractivity contribution is 0.0672. The van der Waals surface area contributed by atoms with Gasteiger partial charge >= 0.3 is 0 Å². The molecule has 0 spiro atoms. The number of rotatable bonds is 5. The van der Waals surface area contributed by atoms with E-state index in [0.29, 0.717) is 22.4 Å². The standard InChI is InChI=1S/C20H19ClFN3O2/c1-12(2)25(20(26)15-5-4-13(3)17(22)10-15)11-18-23-24-19(27-18)14-6-8-16(21)9-7-14/h4-10,12H,11H2,1-3H3. The summed E-state index contributed by atoms with van der Waals surface area (Å²) in [6.07, 6.45) is 0. The van der Waals surface area contributed by atoms with Crippen LogP contribution >= 0.6 is 11.6 Å². The van der Waals surface area contributed by atoms with Gasteiger partial charge in [0, 0.05) is 22.2 Å². The van der Waals surface area contributed by atoms with Crippen LogP contribution in [0.25, 0.3) is 11.5 Å². The summed E-state index contributed by atoms with van der Waals surface area (Å²) < 4.78 is 19.5. The number of benzene rings is 2. The first-order chi connectivity index (χ1) is 12.8. The minimum atomic E-state index is -0.410. The Morgan fingerprint density at radius 2 is 1.89 bits per heavy atom. The maximum absolute atomic E-state index is 13.8. The van der Waals surface area contributed by atoms with Crippen molar-refractivity contribution in [1.82, 2.24) is 15.1 Å². The van der Waals surface area contributed by atoms with E-state index in [1.54, 1.807) is 48.2 Å². The molecule has 3 aromatic rings. The van der Waals surface area contributed by atoms with E-state index < -0.39 is 5.82 Å². The van der Waals surface area contributed by atoms with Crippen LogP contribution in [-0.2, 0) is 6.54 Å². The van der Waals surface area contributed by atoms with E-state index in [9.17, 15) is 9.18 Å². The van der Waals surface area contributed by atoms with Gasteiger partial charge in [0.2, 0.25) is 11.8 Å². The topological polar surface area (TPSA) is 59.2 Å². The third-order valence-corrected chi connectivity index (χ3v) is 4.42. The zero-order chi connectivity index (χ0) is 19.6. The minimum absolute atomic E-state index is 0.132. The van der Waals surface area contributed by atoms with Gasteiger partial charge in [0.1, 0.15) is 5.82 Å². The van der Waals surface area contributed by atoms with Crippen molar-refractivity contribution >= 4 is 17.5 Å². The normalized spacial score (nSPS) is 11.0. The molecule has 0 atom stereocenters. The molecule has 0 unspecified atom stereocenters. The number of amides is 1. The average Bonchev–Trinajstić information content (AvgIpc) is 3.10. The molecule has 140 valence electrons. The second-order valence-electron chi connectivity index (χ2n) is 6.50. The largest absolute Gasteiger partial charge is 0.419 e. The first-order valence-electron chi connectivity index (χ1n) is 8.50. The van der Waals surface area contributed by atoms with Gasteiger partial charge in [-0.05, 0) is 62.7 Å². The summed E-state index contributed by atoms with van der Waals surface area (Å²) in [5, 5.41) is 8.67. The summed E-state index contributed by atoms with van der Waals surface area (Å²) >= 11 is 5.88. The van der Waals surface area contributed by atoms with Crippen LogP contribution in [0.4, 0.5) is 4.39 Å². The number of carbonyl (C=O) groups is 1. The number of aryl methyl sites for hydroxylation is 1. The summed E-state index contributed by atoms with van der Waals surface area (Å²) in [6.45, 7) is 5.53. The lowest BCUT2D eigenvalue weighted by Crippen LogP contribution is -2.36. The molecule has 3 rings (SSSR count). The second-order valence-corrected chi connectivity index (χ2v) is 6.94. The maximum atomic E-state index is 13.8. The number of aromatic nitrogens is 2. The van der Waals surface area contributed by atoms with Gasteiger partial charge in [0.05, 0.1) is 6.54 Å². The van der Waals surface area contributed by atoms with Crippen LogP contribution in [0.2, 0.25) is 5.02 Å². The van der Waals surface area contributed by atoms with Crippen molar-refractivity contribution in [3.8, 4) is 11.5 Å². The summed E-state index contributed by atoms with van der Waals surface area (Å²) in [7, 11) is 0. The molecule has 5 nitrogen and oxygen atoms in total. The van der Waals surface area contributed by atoms with E-state index in [1.165, 1.54) is 6.07 Å². The van der Waals surface area contributed by atoms with Crippen LogP contribution in [-0.4, -0.2) is 27.0 Å². The van der Waals surface area contributed by atoms with Gasteiger partial charge in [-0.1, -0.05) is 17.7 Å². The predicted molar refractivity (Wildman–Crippen MR) is 101 cm³/mol. The number of halogens is 2. The van der Waals surface area contributed by atoms with E-state index >= 15 is 0 Å². The highest BCUT2D eigenvalue weighted by molar-refractivity contribution is 6.30. The van der Waals surface area contributed by atoms with Crippen LogP contribution in [0, 0.1) is 12.7 Å². The first-order valence-corrected chi connectivity index (χ1v) is 8.88. The van der Waals surface area contributed by atoms with Gasteiger partial charge < -0.3 is 9.32 Å². The summed E-state index contributed by atoms with van der Waals surface area (Å²) in [6, 6.07) is 11.3. The van der Waals surface area contributed by atoms with Gasteiger partial charge in [-0.15, -0.1) is 10.2 Å². The third-order valence-electron chi connectivity index (χ3n) is 4.17. The Labute approximate surface area is 161 Å². The molecule has 1 amide bonds. The molecule has 0 saturated carbocycles. The van der Waals surface area contributed by atoms with Crippen molar-refractivity contribution in [3.05, 3.63) is 70.3 Å². The fraction of sp³-hybridized carbons (Fsp3) is 0.250. The van der Waals surface area contributed by atoms with Gasteiger partial charge in [0.15, 0.2) is 0 Å². The number of nitrogens with zero attached hydrogens (tertiary/aromatic N) is 3. The van der Waals surface area contributed by atoms with Crippen molar-refractivity contribution in [2.75, 3.05) is 0 Å². The Morgan fingerprint density at radius 3 is 2.52 bits per heavy atom. The highest BCUT2D eigenvalue weighted by atomic mass is 35.5. The SMILES string of the molecule is Cc1ccc(C(=O)N(Cc2nnc(-c3ccc(Cl)cc3)o2)C(C)C)cc1F. The van der Waals surface area contributed by atoms with Crippen molar-refractivity contribution < 1.29 is 13.6 Å². The van der Waals surface area contributed by atoms with Gasteiger partial charge in [0.25, 0.3) is 5.91 Å². The molecule has 7 heteroatoms. The third kappa shape index (κ3) is 4.34. The molecule has 0 aliphatic heterocycles. The highest BCUT2D eigenvalue weighted by Crippen LogP contribution is 2.22. The van der Waals surface area contributed by atoms with Crippen molar-refractivity contribution in [2.24, 2.45) is 0 Å². The zero-order valence-corrected chi connectivity index (χ0v) is 16.0. The smallest absolute Gasteiger partial charge is 0.254 e. The Bertz CT molecular complexity index is 954. The molecular formula is C20H19ClFN3O2. The summed E-state index contributed by atoms with van der Waals surface area (Å²) in [5.41, 5.74) is 1.51. The number of carbonyl (C=O) groups excluding carboxylic acids is 1. The zero-order valence-electron chi connectivity index (χ0n) is 15.2. The Balaban J connectivity index is 1.81. The quantitative estimate of drug-likeness (QED) is 0.625. The lowest BCUT2D eigenvalue weighted by atomic mass is 10.1.